The molecule has 8 nitrogen and oxygen atoms in total. The number of imidazole rings is 1. The number of ether oxygens (including phenoxy) is 1. The standard InChI is InChI=1S/C27H27F3N6O2/c1-16-5-6-32-20(9-16)14-36-12-17(2)38-24-21(23-15-34(4)33-25(23)27(28,29)30)10-19(11-22(24)26(36)37)13-35-8-7-31-18(35)3/h5-11,15,17H,12-14H2,1-4H3/t17-/m0/s1. The van der Waals surface area contributed by atoms with Gasteiger partial charge in [-0.15, -0.1) is 0 Å². The highest BCUT2D eigenvalue weighted by Crippen LogP contribution is 2.43. The van der Waals surface area contributed by atoms with Crippen LogP contribution >= 0.6 is 0 Å². The fraction of sp³-hybridized carbons (Fsp3) is 0.333. The minimum absolute atomic E-state index is 0.117. The van der Waals surface area contributed by atoms with Crippen molar-refractivity contribution in [2.45, 2.75) is 46.1 Å². The van der Waals surface area contributed by atoms with Gasteiger partial charge in [-0.2, -0.15) is 18.3 Å². The summed E-state index contributed by atoms with van der Waals surface area (Å²) < 4.78 is 51.2. The van der Waals surface area contributed by atoms with Gasteiger partial charge < -0.3 is 14.2 Å². The van der Waals surface area contributed by atoms with Crippen LogP contribution < -0.4 is 4.74 Å². The molecule has 4 heterocycles. The van der Waals surface area contributed by atoms with Crippen LogP contribution in [0, 0.1) is 13.8 Å². The average Bonchev–Trinajstić information content (AvgIpc) is 3.41. The number of nitrogens with zero attached hydrogens (tertiary/aromatic N) is 6. The Morgan fingerprint density at radius 2 is 1.82 bits per heavy atom. The summed E-state index contributed by atoms with van der Waals surface area (Å²) in [6, 6.07) is 7.11. The number of carbonyl (C=O) groups excluding carboxylic acids is 1. The molecule has 1 aliphatic heterocycles. The first-order chi connectivity index (χ1) is 18.0. The van der Waals surface area contributed by atoms with Crippen molar-refractivity contribution in [2.24, 2.45) is 7.05 Å². The minimum atomic E-state index is -4.69. The third-order valence-electron chi connectivity index (χ3n) is 6.45. The quantitative estimate of drug-likeness (QED) is 0.375. The number of aromatic nitrogens is 5. The Labute approximate surface area is 217 Å². The van der Waals surface area contributed by atoms with Crippen LogP contribution in [0.1, 0.15) is 45.6 Å². The molecule has 38 heavy (non-hydrogen) atoms. The van der Waals surface area contributed by atoms with Crippen molar-refractivity contribution in [3.63, 3.8) is 0 Å². The van der Waals surface area contributed by atoms with Crippen LogP contribution in [0.3, 0.4) is 0 Å². The predicted octanol–water partition coefficient (Wildman–Crippen LogP) is 4.79. The van der Waals surface area contributed by atoms with Crippen molar-refractivity contribution in [3.05, 3.63) is 83.0 Å². The Bertz CT molecular complexity index is 1510. The largest absolute Gasteiger partial charge is 0.487 e. The summed E-state index contributed by atoms with van der Waals surface area (Å²) >= 11 is 0. The van der Waals surface area contributed by atoms with E-state index in [9.17, 15) is 18.0 Å². The lowest BCUT2D eigenvalue weighted by atomic mass is 9.97. The Kier molecular flexibility index (Phi) is 6.46. The van der Waals surface area contributed by atoms with Crippen LogP contribution in [0.5, 0.6) is 5.75 Å². The van der Waals surface area contributed by atoms with Gasteiger partial charge in [0.25, 0.3) is 5.91 Å². The number of hydrogen-bond acceptors (Lipinski definition) is 5. The lowest BCUT2D eigenvalue weighted by Gasteiger charge is -2.22. The maximum Gasteiger partial charge on any atom is 0.435 e. The van der Waals surface area contributed by atoms with Crippen molar-refractivity contribution in [1.82, 2.24) is 29.2 Å². The summed E-state index contributed by atoms with van der Waals surface area (Å²) in [6.45, 7) is 6.38. The molecule has 1 aromatic carbocycles. The number of carbonyl (C=O) groups is 1. The molecule has 0 fully saturated rings. The molecule has 1 amide bonds. The number of fused-ring (bicyclic) bond motifs is 1. The minimum Gasteiger partial charge on any atom is -0.487 e. The summed E-state index contributed by atoms with van der Waals surface area (Å²) in [6.07, 6.45) is 1.26. The van der Waals surface area contributed by atoms with E-state index in [1.807, 2.05) is 30.5 Å². The van der Waals surface area contributed by atoms with Gasteiger partial charge in [0.1, 0.15) is 17.7 Å². The number of rotatable bonds is 5. The Hall–Kier alpha value is -4.15. The molecule has 0 spiro atoms. The van der Waals surface area contributed by atoms with Crippen LogP contribution in [0.25, 0.3) is 11.1 Å². The van der Waals surface area contributed by atoms with Crippen molar-refractivity contribution in [2.75, 3.05) is 6.54 Å². The molecule has 0 saturated heterocycles. The van der Waals surface area contributed by atoms with E-state index in [0.29, 0.717) is 17.8 Å². The van der Waals surface area contributed by atoms with E-state index in [1.165, 1.54) is 13.2 Å². The fourth-order valence-electron chi connectivity index (χ4n) is 4.75. The third-order valence-corrected chi connectivity index (χ3v) is 6.45. The zero-order valence-corrected chi connectivity index (χ0v) is 21.5. The van der Waals surface area contributed by atoms with E-state index in [1.54, 1.807) is 42.5 Å². The van der Waals surface area contributed by atoms with Crippen LogP contribution in [-0.2, 0) is 26.3 Å². The lowest BCUT2D eigenvalue weighted by molar-refractivity contribution is -0.140. The zero-order valence-electron chi connectivity index (χ0n) is 21.5. The lowest BCUT2D eigenvalue weighted by Crippen LogP contribution is -2.35. The van der Waals surface area contributed by atoms with Gasteiger partial charge in [0, 0.05) is 49.5 Å². The van der Waals surface area contributed by atoms with Gasteiger partial charge in [-0.1, -0.05) is 0 Å². The predicted molar refractivity (Wildman–Crippen MR) is 134 cm³/mol. The molecule has 11 heteroatoms. The molecule has 4 aromatic rings. The van der Waals surface area contributed by atoms with E-state index >= 15 is 0 Å². The molecule has 0 N–H and O–H groups in total. The molecule has 0 radical (unpaired) electrons. The van der Waals surface area contributed by atoms with E-state index in [0.717, 1.165) is 16.1 Å². The summed E-state index contributed by atoms with van der Waals surface area (Å²) in [5.74, 6) is 0.518. The second kappa shape index (κ2) is 9.62. The number of alkyl halides is 3. The molecule has 198 valence electrons. The topological polar surface area (TPSA) is 78.1 Å². The zero-order chi connectivity index (χ0) is 27.2. The normalized spacial score (nSPS) is 15.8. The van der Waals surface area contributed by atoms with Crippen molar-refractivity contribution in [1.29, 1.82) is 0 Å². The highest BCUT2D eigenvalue weighted by atomic mass is 19.4. The number of halogens is 3. The summed E-state index contributed by atoms with van der Waals surface area (Å²) in [5.41, 5.74) is 1.55. The first-order valence-electron chi connectivity index (χ1n) is 12.1. The monoisotopic (exact) mass is 524 g/mol. The molecular weight excluding hydrogens is 497 g/mol. The number of aryl methyl sites for hydroxylation is 3. The average molecular weight is 525 g/mol. The summed E-state index contributed by atoms with van der Waals surface area (Å²) in [7, 11) is 1.43. The maximum absolute atomic E-state index is 14.0. The van der Waals surface area contributed by atoms with Gasteiger partial charge in [-0.25, -0.2) is 4.98 Å². The van der Waals surface area contributed by atoms with Crippen LogP contribution in [-0.4, -0.2) is 47.8 Å². The van der Waals surface area contributed by atoms with Gasteiger partial charge in [0.05, 0.1) is 24.3 Å². The third kappa shape index (κ3) is 5.00. The number of pyridine rings is 1. The van der Waals surface area contributed by atoms with Crippen molar-refractivity contribution in [3.8, 4) is 16.9 Å². The Balaban J connectivity index is 1.67. The molecular formula is C27H27F3N6O2. The Morgan fingerprint density at radius 1 is 1.05 bits per heavy atom. The fourth-order valence-corrected chi connectivity index (χ4v) is 4.75. The summed E-state index contributed by atoms with van der Waals surface area (Å²) in [4.78, 5) is 24.2. The van der Waals surface area contributed by atoms with Crippen molar-refractivity contribution >= 4 is 5.91 Å². The highest BCUT2D eigenvalue weighted by molar-refractivity contribution is 6.00. The molecule has 0 saturated carbocycles. The highest BCUT2D eigenvalue weighted by Gasteiger charge is 2.39. The molecule has 3 aromatic heterocycles. The molecule has 0 bridgehead atoms. The summed E-state index contributed by atoms with van der Waals surface area (Å²) in [5, 5.41) is 3.68. The smallest absolute Gasteiger partial charge is 0.435 e. The van der Waals surface area contributed by atoms with E-state index < -0.39 is 18.0 Å². The molecule has 0 aliphatic carbocycles. The number of amides is 1. The van der Waals surface area contributed by atoms with E-state index in [2.05, 4.69) is 15.1 Å². The maximum atomic E-state index is 14.0. The SMILES string of the molecule is Cc1ccnc(CN2C[C@H](C)Oc3c(cc(Cn4ccnc4C)cc3-c3cn(C)nc3C(F)(F)F)C2=O)c1. The first-order valence-corrected chi connectivity index (χ1v) is 12.1. The van der Waals surface area contributed by atoms with Crippen LogP contribution in [0.2, 0.25) is 0 Å². The second-order valence-corrected chi connectivity index (χ2v) is 9.62. The van der Waals surface area contributed by atoms with Crippen molar-refractivity contribution < 1.29 is 22.7 Å². The Morgan fingerprint density at radius 3 is 2.50 bits per heavy atom. The van der Waals surface area contributed by atoms with Crippen LogP contribution in [0.4, 0.5) is 13.2 Å². The van der Waals surface area contributed by atoms with E-state index in [-0.39, 0.29) is 41.4 Å². The van der Waals surface area contributed by atoms with Gasteiger partial charge in [0.2, 0.25) is 0 Å². The molecule has 0 unspecified atom stereocenters. The number of benzene rings is 1. The first kappa shape index (κ1) is 25.5. The second-order valence-electron chi connectivity index (χ2n) is 9.62. The van der Waals surface area contributed by atoms with Gasteiger partial charge in [-0.05, 0) is 56.2 Å². The van der Waals surface area contributed by atoms with Gasteiger partial charge in [0.15, 0.2) is 5.69 Å². The van der Waals surface area contributed by atoms with E-state index in [4.69, 9.17) is 4.74 Å². The van der Waals surface area contributed by atoms with Gasteiger partial charge >= 0.3 is 6.18 Å². The molecule has 1 aliphatic rings. The molecule has 1 atom stereocenters. The number of hydrogen-bond donors (Lipinski definition) is 0. The molecule has 5 rings (SSSR count). The van der Waals surface area contributed by atoms with Crippen LogP contribution in [0.15, 0.2) is 49.1 Å². The van der Waals surface area contributed by atoms with Gasteiger partial charge in [-0.3, -0.25) is 14.5 Å².